The third-order valence-electron chi connectivity index (χ3n) is 7.58. The maximum absolute atomic E-state index is 14.3. The van der Waals surface area contributed by atoms with E-state index in [0.29, 0.717) is 11.6 Å². The first-order chi connectivity index (χ1) is 19.2. The number of carbonyl (C=O) groups is 1. The van der Waals surface area contributed by atoms with Crippen LogP contribution in [-0.4, -0.2) is 60.0 Å². The zero-order chi connectivity index (χ0) is 26.9. The molecule has 1 aromatic heterocycles. The number of halogens is 1. The number of anilines is 1. The van der Waals surface area contributed by atoms with Gasteiger partial charge in [0.05, 0.1) is 11.4 Å². The molecule has 1 N–H and O–H groups in total. The molecule has 0 atom stereocenters. The highest BCUT2D eigenvalue weighted by Gasteiger charge is 2.27. The highest BCUT2D eigenvalue weighted by Crippen LogP contribution is 2.28. The molecule has 1 aliphatic rings. The molecule has 2 heterocycles. The first kappa shape index (κ1) is 27.2. The number of benzene rings is 3. The minimum absolute atomic E-state index is 0.174. The predicted octanol–water partition coefficient (Wildman–Crippen LogP) is 6.84. The van der Waals surface area contributed by atoms with Crippen LogP contribution in [0.3, 0.4) is 0 Å². The Kier molecular flexibility index (Phi) is 9.47. The van der Waals surface area contributed by atoms with Gasteiger partial charge in [0.25, 0.3) is 0 Å². The lowest BCUT2D eigenvalue weighted by Crippen LogP contribution is -2.43. The molecule has 3 aromatic carbocycles. The lowest BCUT2D eigenvalue weighted by Gasteiger charge is -2.32. The van der Waals surface area contributed by atoms with E-state index in [0.717, 1.165) is 66.9 Å². The average Bonchev–Trinajstić information content (AvgIpc) is 2.98. The number of nitrogens with one attached hydrogen (secondary N) is 1. The molecule has 0 saturated carbocycles. The van der Waals surface area contributed by atoms with Gasteiger partial charge < -0.3 is 15.1 Å². The number of hydrogen-bond acceptors (Lipinski definition) is 4. The molecule has 1 fully saturated rings. The molecule has 5 rings (SSSR count). The minimum atomic E-state index is -0.310. The van der Waals surface area contributed by atoms with Crippen molar-refractivity contribution in [1.82, 2.24) is 14.8 Å². The summed E-state index contributed by atoms with van der Waals surface area (Å²) in [7, 11) is 0. The predicted molar refractivity (Wildman–Crippen MR) is 161 cm³/mol. The van der Waals surface area contributed by atoms with Crippen LogP contribution in [0.5, 0.6) is 0 Å². The summed E-state index contributed by atoms with van der Waals surface area (Å²) in [6.45, 7) is 5.38. The van der Waals surface area contributed by atoms with Gasteiger partial charge in [-0.1, -0.05) is 78.7 Å². The number of likely N-dealkylation sites (tertiary alicyclic amines) is 1. The summed E-state index contributed by atoms with van der Waals surface area (Å²) in [4.78, 5) is 23.3. The van der Waals surface area contributed by atoms with Crippen molar-refractivity contribution in [2.75, 3.05) is 44.6 Å². The first-order valence-corrected chi connectivity index (χ1v) is 14.5. The van der Waals surface area contributed by atoms with Crippen molar-refractivity contribution in [2.24, 2.45) is 0 Å². The third-order valence-corrected chi connectivity index (χ3v) is 7.82. The normalized spacial score (nSPS) is 14.0. The number of aromatic nitrogens is 1. The fraction of sp³-hybridized carbons (Fsp3) is 0.333. The van der Waals surface area contributed by atoms with Crippen molar-refractivity contribution < 1.29 is 4.79 Å². The van der Waals surface area contributed by atoms with E-state index in [2.05, 4.69) is 44.4 Å². The molecular weight excluding hydrogens is 504 g/mol. The van der Waals surface area contributed by atoms with Gasteiger partial charge in [-0.25, -0.2) is 0 Å². The number of pyridine rings is 1. The van der Waals surface area contributed by atoms with E-state index in [1.807, 2.05) is 60.7 Å². The standard InChI is InChI=1S/C33H37ClN4O/c34-28-15-16-29-30(17-19-36-31(29)25-28)35-18-10-22-38(24-23-37-20-8-3-9-21-37)33(39)32(26-11-4-1-5-12-26)27-13-6-2-7-14-27/h1-2,4-7,11-17,19,25,32H,3,8-10,18,20-24H2,(H,35,36). The fourth-order valence-corrected chi connectivity index (χ4v) is 5.66. The summed E-state index contributed by atoms with van der Waals surface area (Å²) in [5.41, 5.74) is 3.99. The number of rotatable bonds is 11. The van der Waals surface area contributed by atoms with Crippen molar-refractivity contribution in [3.8, 4) is 0 Å². The molecule has 1 saturated heterocycles. The van der Waals surface area contributed by atoms with E-state index in [4.69, 9.17) is 11.6 Å². The third kappa shape index (κ3) is 7.17. The van der Waals surface area contributed by atoms with E-state index < -0.39 is 0 Å². The van der Waals surface area contributed by atoms with Crippen LogP contribution in [0, 0.1) is 0 Å². The zero-order valence-corrected chi connectivity index (χ0v) is 23.2. The van der Waals surface area contributed by atoms with Crippen molar-refractivity contribution in [1.29, 1.82) is 0 Å². The van der Waals surface area contributed by atoms with Crippen LogP contribution in [0.2, 0.25) is 5.02 Å². The van der Waals surface area contributed by atoms with Gasteiger partial charge in [0.15, 0.2) is 0 Å². The summed E-state index contributed by atoms with van der Waals surface area (Å²) in [6, 6.07) is 28.2. The smallest absolute Gasteiger partial charge is 0.234 e. The Morgan fingerprint density at radius 2 is 1.59 bits per heavy atom. The van der Waals surface area contributed by atoms with Crippen LogP contribution in [0.4, 0.5) is 5.69 Å². The molecule has 0 bridgehead atoms. The molecule has 1 aliphatic heterocycles. The van der Waals surface area contributed by atoms with Crippen LogP contribution in [0.15, 0.2) is 91.1 Å². The van der Waals surface area contributed by atoms with Crippen LogP contribution in [-0.2, 0) is 4.79 Å². The number of piperidine rings is 1. The maximum Gasteiger partial charge on any atom is 0.234 e. The van der Waals surface area contributed by atoms with Gasteiger partial charge in [0, 0.05) is 48.5 Å². The van der Waals surface area contributed by atoms with Gasteiger partial charge >= 0.3 is 0 Å². The van der Waals surface area contributed by atoms with Crippen LogP contribution >= 0.6 is 11.6 Å². The summed E-state index contributed by atoms with van der Waals surface area (Å²) in [5.74, 6) is -0.135. The molecule has 1 amide bonds. The van der Waals surface area contributed by atoms with Gasteiger partial charge in [0.1, 0.15) is 0 Å². The number of amides is 1. The van der Waals surface area contributed by atoms with Crippen molar-refractivity contribution in [3.63, 3.8) is 0 Å². The summed E-state index contributed by atoms with van der Waals surface area (Å²) in [5, 5.41) is 5.30. The molecule has 0 spiro atoms. The largest absolute Gasteiger partial charge is 0.384 e. The summed E-state index contributed by atoms with van der Waals surface area (Å²) < 4.78 is 0. The lowest BCUT2D eigenvalue weighted by molar-refractivity contribution is -0.132. The second-order valence-electron chi connectivity index (χ2n) is 10.3. The van der Waals surface area contributed by atoms with Gasteiger partial charge in [0.2, 0.25) is 5.91 Å². The van der Waals surface area contributed by atoms with Gasteiger partial charge in [-0.15, -0.1) is 0 Å². The molecular formula is C33H37ClN4O. The first-order valence-electron chi connectivity index (χ1n) is 14.1. The number of fused-ring (bicyclic) bond motifs is 1. The lowest BCUT2D eigenvalue weighted by atomic mass is 9.90. The van der Waals surface area contributed by atoms with Crippen LogP contribution in [0.1, 0.15) is 42.7 Å². The highest BCUT2D eigenvalue weighted by atomic mass is 35.5. The minimum Gasteiger partial charge on any atom is -0.384 e. The Bertz CT molecular complexity index is 1300. The van der Waals surface area contributed by atoms with E-state index in [9.17, 15) is 4.79 Å². The average molecular weight is 541 g/mol. The van der Waals surface area contributed by atoms with E-state index in [1.165, 1.54) is 19.3 Å². The van der Waals surface area contributed by atoms with E-state index in [1.54, 1.807) is 6.20 Å². The molecule has 0 unspecified atom stereocenters. The Hall–Kier alpha value is -3.41. The second-order valence-corrected chi connectivity index (χ2v) is 10.7. The quantitative estimate of drug-likeness (QED) is 0.212. The van der Waals surface area contributed by atoms with Crippen LogP contribution in [0.25, 0.3) is 10.9 Å². The number of hydrogen-bond donors (Lipinski definition) is 1. The summed E-state index contributed by atoms with van der Waals surface area (Å²) >= 11 is 6.16. The Balaban J connectivity index is 1.31. The second kappa shape index (κ2) is 13.6. The van der Waals surface area contributed by atoms with Crippen molar-refractivity contribution in [2.45, 2.75) is 31.6 Å². The zero-order valence-electron chi connectivity index (χ0n) is 22.4. The summed E-state index contributed by atoms with van der Waals surface area (Å²) in [6.07, 6.45) is 6.46. The highest BCUT2D eigenvalue weighted by molar-refractivity contribution is 6.31. The topological polar surface area (TPSA) is 48.5 Å². The van der Waals surface area contributed by atoms with Gasteiger partial charge in [-0.2, -0.15) is 0 Å². The van der Waals surface area contributed by atoms with E-state index in [-0.39, 0.29) is 11.8 Å². The Morgan fingerprint density at radius 1 is 0.897 bits per heavy atom. The molecule has 0 radical (unpaired) electrons. The monoisotopic (exact) mass is 540 g/mol. The number of carbonyl (C=O) groups excluding carboxylic acids is 1. The Morgan fingerprint density at radius 3 is 2.28 bits per heavy atom. The molecule has 4 aromatic rings. The molecule has 0 aliphatic carbocycles. The van der Waals surface area contributed by atoms with E-state index >= 15 is 0 Å². The molecule has 5 nitrogen and oxygen atoms in total. The number of nitrogens with zero attached hydrogens (tertiary/aromatic N) is 3. The SMILES string of the molecule is O=C(C(c1ccccc1)c1ccccc1)N(CCCNc1ccnc2cc(Cl)ccc12)CCN1CCCCC1. The van der Waals surface area contributed by atoms with Crippen molar-refractivity contribution >= 4 is 34.1 Å². The fourth-order valence-electron chi connectivity index (χ4n) is 5.50. The Labute approximate surface area is 236 Å². The van der Waals surface area contributed by atoms with Crippen LogP contribution < -0.4 is 5.32 Å². The molecule has 39 heavy (non-hydrogen) atoms. The van der Waals surface area contributed by atoms with Crippen molar-refractivity contribution in [3.05, 3.63) is 107 Å². The van der Waals surface area contributed by atoms with Gasteiger partial charge in [-0.3, -0.25) is 9.78 Å². The van der Waals surface area contributed by atoms with Gasteiger partial charge in [-0.05, 0) is 67.7 Å². The molecule has 6 heteroatoms. The molecule has 202 valence electrons. The maximum atomic E-state index is 14.3.